The van der Waals surface area contributed by atoms with Gasteiger partial charge >= 0.3 is 0 Å². The molecule has 0 saturated carbocycles. The van der Waals surface area contributed by atoms with Crippen molar-refractivity contribution in [2.75, 3.05) is 0 Å². The number of fused-ring (bicyclic) bond motifs is 3. The van der Waals surface area contributed by atoms with Gasteiger partial charge in [0.15, 0.2) is 5.82 Å². The molecule has 3 heteroatoms. The average Bonchev–Trinajstić information content (AvgIpc) is 3.52. The Bertz CT molecular complexity index is 2820. The number of hydrogen-bond donors (Lipinski definition) is 0. The van der Waals surface area contributed by atoms with E-state index < -0.39 is 8.07 Å². The molecule has 1 aliphatic rings. The summed E-state index contributed by atoms with van der Waals surface area (Å²) in [5.74, 6) is 0.762. The van der Waals surface area contributed by atoms with Crippen LogP contribution in [0.25, 0.3) is 89.5 Å². The van der Waals surface area contributed by atoms with E-state index in [4.69, 9.17) is 9.97 Å². The lowest BCUT2D eigenvalue weighted by atomic mass is 9.92. The van der Waals surface area contributed by atoms with Gasteiger partial charge in [0, 0.05) is 11.1 Å². The Labute approximate surface area is 335 Å². The molecule has 0 radical (unpaired) electrons. The van der Waals surface area contributed by atoms with Crippen molar-refractivity contribution in [2.24, 2.45) is 0 Å². The molecule has 2 heterocycles. The summed E-state index contributed by atoms with van der Waals surface area (Å²) in [6, 6.07) is 74.2. The number of rotatable bonds is 7. The van der Waals surface area contributed by atoms with E-state index in [1.165, 1.54) is 60.4 Å². The molecule has 0 bridgehead atoms. The van der Waals surface area contributed by atoms with Crippen LogP contribution in [0.1, 0.15) is 0 Å². The molecule has 8 aromatic carbocycles. The Morgan fingerprint density at radius 3 is 1.21 bits per heavy atom. The van der Waals surface area contributed by atoms with E-state index in [9.17, 15) is 0 Å². The maximum Gasteiger partial charge on any atom is 0.160 e. The SMILES string of the molecule is C[Si]1(C)c2ccccc2-c2nc(-c3cccc(-c4ccc(-c5ccc(-c6cc(-c7ccccc7)cc(-c7ccccc7)c6)cc5)cc4)c3)nc(-c3ccccc3)c21. The van der Waals surface area contributed by atoms with Gasteiger partial charge in [-0.15, -0.1) is 0 Å². The first-order valence-electron chi connectivity index (χ1n) is 19.6. The highest BCUT2D eigenvalue weighted by molar-refractivity contribution is 7.04. The first-order valence-corrected chi connectivity index (χ1v) is 22.6. The number of hydrogen-bond acceptors (Lipinski definition) is 2. The summed E-state index contributed by atoms with van der Waals surface area (Å²) < 4.78 is 0. The van der Waals surface area contributed by atoms with Crippen LogP contribution >= 0.6 is 0 Å². The van der Waals surface area contributed by atoms with E-state index in [-0.39, 0.29) is 0 Å². The van der Waals surface area contributed by atoms with Gasteiger partial charge in [0.2, 0.25) is 0 Å². The van der Waals surface area contributed by atoms with Crippen molar-refractivity contribution in [1.82, 2.24) is 9.97 Å². The zero-order chi connectivity index (χ0) is 38.3. The first kappa shape index (κ1) is 34.5. The zero-order valence-corrected chi connectivity index (χ0v) is 33.0. The second kappa shape index (κ2) is 14.3. The number of aromatic nitrogens is 2. The van der Waals surface area contributed by atoms with Crippen molar-refractivity contribution in [1.29, 1.82) is 0 Å². The third kappa shape index (κ3) is 6.42. The van der Waals surface area contributed by atoms with Crippen LogP contribution in [0.5, 0.6) is 0 Å². The fourth-order valence-electron chi connectivity index (χ4n) is 8.49. The molecule has 0 spiro atoms. The Hall–Kier alpha value is -6.94. The van der Waals surface area contributed by atoms with Crippen molar-refractivity contribution in [3.8, 4) is 89.5 Å². The van der Waals surface area contributed by atoms with Crippen LogP contribution in [0.3, 0.4) is 0 Å². The fourth-order valence-corrected chi connectivity index (χ4v) is 11.7. The third-order valence-electron chi connectivity index (χ3n) is 11.5. The van der Waals surface area contributed by atoms with Crippen LogP contribution in [0, 0.1) is 0 Å². The molecule has 10 rings (SSSR count). The van der Waals surface area contributed by atoms with Crippen LogP contribution in [0.4, 0.5) is 0 Å². The van der Waals surface area contributed by atoms with Gasteiger partial charge in [0.25, 0.3) is 0 Å². The summed E-state index contributed by atoms with van der Waals surface area (Å²) in [4.78, 5) is 10.7. The van der Waals surface area contributed by atoms with Crippen LogP contribution < -0.4 is 10.4 Å². The summed E-state index contributed by atoms with van der Waals surface area (Å²) in [5, 5.41) is 2.76. The van der Waals surface area contributed by atoms with Gasteiger partial charge in [-0.2, -0.15) is 0 Å². The Kier molecular flexibility index (Phi) is 8.66. The Morgan fingerprint density at radius 1 is 0.298 bits per heavy atom. The van der Waals surface area contributed by atoms with Crippen LogP contribution in [0.15, 0.2) is 206 Å². The molecule has 1 aliphatic heterocycles. The molecule has 1 aromatic heterocycles. The molecular formula is C54H40N2Si. The monoisotopic (exact) mass is 744 g/mol. The van der Waals surface area contributed by atoms with Crippen LogP contribution in [-0.4, -0.2) is 18.0 Å². The predicted molar refractivity (Wildman–Crippen MR) is 242 cm³/mol. The molecule has 57 heavy (non-hydrogen) atoms. The molecule has 0 amide bonds. The smallest absolute Gasteiger partial charge is 0.160 e. The summed E-state index contributed by atoms with van der Waals surface area (Å²) >= 11 is 0. The average molecular weight is 745 g/mol. The van der Waals surface area contributed by atoms with Gasteiger partial charge in [-0.1, -0.05) is 195 Å². The molecule has 0 N–H and O–H groups in total. The van der Waals surface area contributed by atoms with Gasteiger partial charge in [-0.25, -0.2) is 9.97 Å². The highest BCUT2D eigenvalue weighted by atomic mass is 28.3. The lowest BCUT2D eigenvalue weighted by Crippen LogP contribution is -2.50. The van der Waals surface area contributed by atoms with Crippen molar-refractivity contribution in [3.63, 3.8) is 0 Å². The van der Waals surface area contributed by atoms with Crippen molar-refractivity contribution in [3.05, 3.63) is 206 Å². The largest absolute Gasteiger partial charge is 0.228 e. The number of benzene rings is 8. The molecule has 0 atom stereocenters. The van der Waals surface area contributed by atoms with E-state index in [1.54, 1.807) is 0 Å². The second-order valence-electron chi connectivity index (χ2n) is 15.4. The van der Waals surface area contributed by atoms with E-state index in [0.29, 0.717) is 0 Å². The quantitative estimate of drug-likeness (QED) is 0.152. The maximum atomic E-state index is 5.34. The Balaban J connectivity index is 0.960. The molecule has 2 nitrogen and oxygen atoms in total. The minimum absolute atomic E-state index is 0.762. The molecular weight excluding hydrogens is 705 g/mol. The normalized spacial score (nSPS) is 12.5. The molecule has 0 fully saturated rings. The highest BCUT2D eigenvalue weighted by Gasteiger charge is 2.41. The lowest BCUT2D eigenvalue weighted by Gasteiger charge is -2.21. The second-order valence-corrected chi connectivity index (χ2v) is 19.7. The van der Waals surface area contributed by atoms with Gasteiger partial charge in [0.1, 0.15) is 8.07 Å². The van der Waals surface area contributed by atoms with E-state index >= 15 is 0 Å². The van der Waals surface area contributed by atoms with Gasteiger partial charge < -0.3 is 0 Å². The number of nitrogens with zero attached hydrogens (tertiary/aromatic N) is 2. The summed E-state index contributed by atoms with van der Waals surface area (Å²) in [5.41, 5.74) is 17.5. The van der Waals surface area contributed by atoms with E-state index in [0.717, 1.165) is 39.5 Å². The maximum absolute atomic E-state index is 5.34. The van der Waals surface area contributed by atoms with Gasteiger partial charge in [-0.3, -0.25) is 0 Å². The highest BCUT2D eigenvalue weighted by Crippen LogP contribution is 2.36. The predicted octanol–water partition coefficient (Wildman–Crippen LogP) is 12.9. The van der Waals surface area contributed by atoms with Crippen LogP contribution in [-0.2, 0) is 0 Å². The van der Waals surface area contributed by atoms with Crippen molar-refractivity contribution < 1.29 is 0 Å². The minimum atomic E-state index is -2.01. The van der Waals surface area contributed by atoms with E-state index in [2.05, 4.69) is 219 Å². The fraction of sp³-hybridized carbons (Fsp3) is 0.0370. The van der Waals surface area contributed by atoms with Gasteiger partial charge in [0.05, 0.1) is 11.4 Å². The topological polar surface area (TPSA) is 25.8 Å². The summed E-state index contributed by atoms with van der Waals surface area (Å²) in [6.45, 7) is 4.86. The summed E-state index contributed by atoms with van der Waals surface area (Å²) in [7, 11) is -2.01. The molecule has 9 aromatic rings. The van der Waals surface area contributed by atoms with E-state index in [1.807, 2.05) is 0 Å². The lowest BCUT2D eigenvalue weighted by molar-refractivity contribution is 1.20. The molecule has 0 aliphatic carbocycles. The Morgan fingerprint density at radius 2 is 0.667 bits per heavy atom. The summed E-state index contributed by atoms with van der Waals surface area (Å²) in [6.07, 6.45) is 0. The molecule has 0 unspecified atom stereocenters. The van der Waals surface area contributed by atoms with Gasteiger partial charge in [-0.05, 0) is 95.8 Å². The molecule has 270 valence electrons. The first-order chi connectivity index (χ1) is 28.0. The van der Waals surface area contributed by atoms with Crippen LogP contribution in [0.2, 0.25) is 13.1 Å². The van der Waals surface area contributed by atoms with Crippen molar-refractivity contribution in [2.45, 2.75) is 13.1 Å². The zero-order valence-electron chi connectivity index (χ0n) is 32.0. The van der Waals surface area contributed by atoms with Crippen molar-refractivity contribution >= 4 is 18.4 Å². The third-order valence-corrected chi connectivity index (χ3v) is 15.0. The molecule has 0 saturated heterocycles. The minimum Gasteiger partial charge on any atom is -0.228 e. The standard InChI is InChI=1S/C54H40N2Si/c1-57(2)50-24-13-12-23-49(50)52-53(57)51(43-19-10-5-11-20-43)55-54(56-52)45-22-14-21-44(33-45)41-29-25-39(26-30-41)40-27-31-42(32-28-40)48-35-46(37-15-6-3-7-16-37)34-47(36-48)38-17-8-4-9-18-38/h3-36H,1-2H3.